The number of hydrogen-bond acceptors (Lipinski definition) is 3. The molecule has 4 rings (SSSR count). The number of benzene rings is 3. The summed E-state index contributed by atoms with van der Waals surface area (Å²) in [5.41, 5.74) is 5.81. The average molecular weight is 424 g/mol. The minimum atomic E-state index is -0.515. The lowest BCUT2D eigenvalue weighted by atomic mass is 9.90. The van der Waals surface area contributed by atoms with E-state index in [1.165, 1.54) is 0 Å². The lowest BCUT2D eigenvalue weighted by Crippen LogP contribution is -2.21. The van der Waals surface area contributed by atoms with Gasteiger partial charge in [0.2, 0.25) is 0 Å². The van der Waals surface area contributed by atoms with Gasteiger partial charge in [0.05, 0.1) is 12.2 Å². The van der Waals surface area contributed by atoms with Crippen molar-refractivity contribution in [1.29, 1.82) is 0 Å². The topological polar surface area (TPSA) is 32.7 Å². The van der Waals surface area contributed by atoms with Crippen LogP contribution in [0.25, 0.3) is 16.8 Å². The first-order valence-electron chi connectivity index (χ1n) is 9.97. The number of halogens is 2. The quantitative estimate of drug-likeness (QED) is 0.518. The summed E-state index contributed by atoms with van der Waals surface area (Å²) in [6.07, 6.45) is 2.15. The molecule has 3 aromatic carbocycles. The Labute approximate surface area is 180 Å². The van der Waals surface area contributed by atoms with Gasteiger partial charge in [-0.2, -0.15) is 0 Å². The van der Waals surface area contributed by atoms with Gasteiger partial charge < -0.3 is 5.11 Å². The molecule has 1 aliphatic rings. The summed E-state index contributed by atoms with van der Waals surface area (Å²) in [4.78, 5) is 6.22. The van der Waals surface area contributed by atoms with Gasteiger partial charge in [-0.25, -0.2) is 4.39 Å². The first-order valence-corrected chi connectivity index (χ1v) is 10.3. The van der Waals surface area contributed by atoms with Gasteiger partial charge in [0.25, 0.3) is 0 Å². The molecule has 0 radical (unpaired) electrons. The molecule has 0 spiro atoms. The van der Waals surface area contributed by atoms with Crippen LogP contribution in [-0.2, 0) is 11.3 Å². The molecule has 0 aromatic heterocycles. The number of aliphatic hydroxyl groups excluding tert-OH is 1. The normalized spacial score (nSPS) is 16.0. The Morgan fingerprint density at radius 2 is 1.70 bits per heavy atom. The Hall–Kier alpha value is -2.66. The van der Waals surface area contributed by atoms with Crippen LogP contribution in [0.1, 0.15) is 22.8 Å². The van der Waals surface area contributed by atoms with E-state index >= 15 is 0 Å². The maximum atomic E-state index is 13.3. The van der Waals surface area contributed by atoms with Crippen LogP contribution < -0.4 is 0 Å². The van der Waals surface area contributed by atoms with Crippen molar-refractivity contribution < 1.29 is 14.3 Å². The lowest BCUT2D eigenvalue weighted by Gasteiger charge is -2.23. The maximum Gasteiger partial charge on any atom is 0.132 e. The monoisotopic (exact) mass is 423 g/mol. The van der Waals surface area contributed by atoms with Crippen LogP contribution in [0.3, 0.4) is 0 Å². The highest BCUT2D eigenvalue weighted by Crippen LogP contribution is 2.41. The Balaban J connectivity index is 1.82. The van der Waals surface area contributed by atoms with Crippen LogP contribution in [-0.4, -0.2) is 30.0 Å². The molecule has 1 unspecified atom stereocenters. The predicted octanol–water partition coefficient (Wildman–Crippen LogP) is 5.84. The highest BCUT2D eigenvalue weighted by molar-refractivity contribution is 6.30. The molecule has 1 N–H and O–H groups in total. The number of nitrogens with zero attached hydrogens (tertiary/aromatic N) is 1. The van der Waals surface area contributed by atoms with Crippen LogP contribution in [0.2, 0.25) is 5.02 Å². The van der Waals surface area contributed by atoms with E-state index in [2.05, 4.69) is 0 Å². The second kappa shape index (κ2) is 9.43. The zero-order chi connectivity index (χ0) is 20.9. The fourth-order valence-electron chi connectivity index (χ4n) is 3.85. The molecule has 0 saturated carbocycles. The molecular formula is C25H23ClFNO2. The molecule has 0 bridgehead atoms. The first-order chi connectivity index (χ1) is 14.7. The van der Waals surface area contributed by atoms with Crippen molar-refractivity contribution >= 4 is 17.3 Å². The van der Waals surface area contributed by atoms with E-state index in [4.69, 9.17) is 16.4 Å². The fraction of sp³-hybridized carbons (Fsp3) is 0.200. The second-order valence-electron chi connectivity index (χ2n) is 7.09. The third-order valence-electron chi connectivity index (χ3n) is 5.19. The van der Waals surface area contributed by atoms with Gasteiger partial charge in [0.1, 0.15) is 12.8 Å². The van der Waals surface area contributed by atoms with Crippen LogP contribution in [0, 0.1) is 0 Å². The minimum absolute atomic E-state index is 0.0350. The van der Waals surface area contributed by atoms with Crippen molar-refractivity contribution in [2.24, 2.45) is 0 Å². The Morgan fingerprint density at radius 3 is 2.40 bits per heavy atom. The molecule has 0 amide bonds. The van der Waals surface area contributed by atoms with Gasteiger partial charge >= 0.3 is 0 Å². The standard InChI is InChI=1S/C25H23ClFNO2/c26-21-11-9-18(10-12-21)22-8-4-7-20(13-16-29)25(22)24-17-23(28(30-24)15-14-27)19-5-2-1-3-6-19/h1-12,17,24,29H,13-16H2. The van der Waals surface area contributed by atoms with Gasteiger partial charge in [-0.3, -0.25) is 9.90 Å². The van der Waals surface area contributed by atoms with E-state index in [0.717, 1.165) is 33.5 Å². The molecule has 30 heavy (non-hydrogen) atoms. The van der Waals surface area contributed by atoms with Crippen molar-refractivity contribution in [3.63, 3.8) is 0 Å². The molecule has 0 saturated heterocycles. The summed E-state index contributed by atoms with van der Waals surface area (Å²) in [5, 5.41) is 11.9. The molecule has 154 valence electrons. The molecule has 1 aliphatic heterocycles. The average Bonchev–Trinajstić information content (AvgIpc) is 3.19. The van der Waals surface area contributed by atoms with Gasteiger partial charge in [-0.15, -0.1) is 0 Å². The smallest absolute Gasteiger partial charge is 0.132 e. The van der Waals surface area contributed by atoms with Crippen LogP contribution >= 0.6 is 11.6 Å². The highest BCUT2D eigenvalue weighted by Gasteiger charge is 2.30. The predicted molar refractivity (Wildman–Crippen MR) is 119 cm³/mol. The molecule has 3 nitrogen and oxygen atoms in total. The molecule has 0 aliphatic carbocycles. The molecule has 3 aromatic rings. The molecule has 5 heteroatoms. The number of rotatable bonds is 7. The highest BCUT2D eigenvalue weighted by atomic mass is 35.5. The Bertz CT molecular complexity index is 1020. The first kappa shape index (κ1) is 20.6. The van der Waals surface area contributed by atoms with Crippen molar-refractivity contribution in [2.45, 2.75) is 12.5 Å². The third kappa shape index (κ3) is 4.26. The lowest BCUT2D eigenvalue weighted by molar-refractivity contribution is -0.125. The number of hydrogen-bond donors (Lipinski definition) is 1. The summed E-state index contributed by atoms with van der Waals surface area (Å²) >= 11 is 6.08. The fourth-order valence-corrected chi connectivity index (χ4v) is 3.98. The number of hydroxylamine groups is 2. The third-order valence-corrected chi connectivity index (χ3v) is 5.45. The summed E-state index contributed by atoms with van der Waals surface area (Å²) < 4.78 is 13.3. The molecular weight excluding hydrogens is 401 g/mol. The second-order valence-corrected chi connectivity index (χ2v) is 7.53. The van der Waals surface area contributed by atoms with Gasteiger partial charge in [0.15, 0.2) is 0 Å². The minimum Gasteiger partial charge on any atom is -0.396 e. The molecule has 1 heterocycles. The van der Waals surface area contributed by atoms with Gasteiger partial charge in [-0.05, 0) is 52.4 Å². The summed E-state index contributed by atoms with van der Waals surface area (Å²) in [5.74, 6) is 0. The Morgan fingerprint density at radius 1 is 0.933 bits per heavy atom. The van der Waals surface area contributed by atoms with Gasteiger partial charge in [-0.1, -0.05) is 72.3 Å². The van der Waals surface area contributed by atoms with Gasteiger partial charge in [0, 0.05) is 11.6 Å². The zero-order valence-electron chi connectivity index (χ0n) is 16.5. The van der Waals surface area contributed by atoms with E-state index in [1.807, 2.05) is 78.9 Å². The number of alkyl halides is 1. The SMILES string of the molecule is OCCc1cccc(-c2ccc(Cl)cc2)c1C1C=C(c2ccccc2)N(CCF)O1. The van der Waals surface area contributed by atoms with Crippen LogP contribution in [0.4, 0.5) is 4.39 Å². The maximum absolute atomic E-state index is 13.3. The molecule has 0 fully saturated rings. The largest absolute Gasteiger partial charge is 0.396 e. The summed E-state index contributed by atoms with van der Waals surface area (Å²) in [7, 11) is 0. The Kier molecular flexibility index (Phi) is 6.48. The summed E-state index contributed by atoms with van der Waals surface area (Å²) in [6, 6.07) is 23.5. The van der Waals surface area contributed by atoms with E-state index in [1.54, 1.807) is 5.06 Å². The summed E-state index contributed by atoms with van der Waals surface area (Å²) in [6.45, 7) is -0.331. The van der Waals surface area contributed by atoms with Crippen molar-refractivity contribution in [3.8, 4) is 11.1 Å². The van der Waals surface area contributed by atoms with Crippen LogP contribution in [0.15, 0.2) is 78.9 Å². The molecule has 1 atom stereocenters. The number of aliphatic hydroxyl groups is 1. The van der Waals surface area contributed by atoms with E-state index in [0.29, 0.717) is 11.4 Å². The van der Waals surface area contributed by atoms with E-state index in [9.17, 15) is 9.50 Å². The van der Waals surface area contributed by atoms with E-state index in [-0.39, 0.29) is 19.3 Å². The van der Waals surface area contributed by atoms with Crippen molar-refractivity contribution in [3.05, 3.63) is 101 Å². The van der Waals surface area contributed by atoms with Crippen molar-refractivity contribution in [2.75, 3.05) is 19.8 Å². The van der Waals surface area contributed by atoms with Crippen molar-refractivity contribution in [1.82, 2.24) is 5.06 Å². The van der Waals surface area contributed by atoms with Crippen LogP contribution in [0.5, 0.6) is 0 Å². The van der Waals surface area contributed by atoms with E-state index < -0.39 is 6.67 Å². The zero-order valence-corrected chi connectivity index (χ0v) is 17.2.